The van der Waals surface area contributed by atoms with E-state index in [9.17, 15) is 5.11 Å². The highest BCUT2D eigenvalue weighted by molar-refractivity contribution is 5.23. The molecule has 2 nitrogen and oxygen atoms in total. The van der Waals surface area contributed by atoms with Crippen molar-refractivity contribution in [1.29, 1.82) is 0 Å². The number of rotatable bonds is 7. The van der Waals surface area contributed by atoms with Crippen molar-refractivity contribution < 1.29 is 9.84 Å². The minimum Gasteiger partial charge on any atom is -0.390 e. The summed E-state index contributed by atoms with van der Waals surface area (Å²) in [5.41, 5.74) is 2.09. The highest BCUT2D eigenvalue weighted by atomic mass is 16.5. The summed E-state index contributed by atoms with van der Waals surface area (Å²) in [4.78, 5) is 0. The first-order valence-electron chi connectivity index (χ1n) is 6.92. The van der Waals surface area contributed by atoms with Gasteiger partial charge < -0.3 is 9.84 Å². The third-order valence-electron chi connectivity index (χ3n) is 4.07. The fourth-order valence-electron chi connectivity index (χ4n) is 2.47. The van der Waals surface area contributed by atoms with Crippen molar-refractivity contribution >= 4 is 0 Å². The zero-order valence-electron chi connectivity index (χ0n) is 12.1. The predicted molar refractivity (Wildman–Crippen MR) is 75.9 cm³/mol. The third kappa shape index (κ3) is 3.33. The first-order valence-corrected chi connectivity index (χ1v) is 6.92. The van der Waals surface area contributed by atoms with Gasteiger partial charge in [0.1, 0.15) is 0 Å². The lowest BCUT2D eigenvalue weighted by Gasteiger charge is -2.35. The highest BCUT2D eigenvalue weighted by Crippen LogP contribution is 2.26. The van der Waals surface area contributed by atoms with Gasteiger partial charge in [-0.05, 0) is 30.4 Å². The highest BCUT2D eigenvalue weighted by Gasteiger charge is 2.34. The number of methoxy groups -OCH3 is 1. The van der Waals surface area contributed by atoms with E-state index in [1.807, 2.05) is 0 Å². The Balaban J connectivity index is 2.75. The van der Waals surface area contributed by atoms with Crippen LogP contribution in [0.2, 0.25) is 0 Å². The largest absolute Gasteiger partial charge is 0.390 e. The van der Waals surface area contributed by atoms with Gasteiger partial charge in [0, 0.05) is 13.5 Å². The zero-order chi connectivity index (χ0) is 13.6. The quantitative estimate of drug-likeness (QED) is 0.804. The van der Waals surface area contributed by atoms with Crippen molar-refractivity contribution in [3.8, 4) is 0 Å². The summed E-state index contributed by atoms with van der Waals surface area (Å²) >= 11 is 0. The second kappa shape index (κ2) is 6.91. The second-order valence-electron chi connectivity index (χ2n) is 4.87. The van der Waals surface area contributed by atoms with Gasteiger partial charge in [0.05, 0.1) is 11.7 Å². The zero-order valence-corrected chi connectivity index (χ0v) is 12.1. The molecule has 0 aliphatic rings. The van der Waals surface area contributed by atoms with E-state index in [1.165, 1.54) is 11.1 Å². The van der Waals surface area contributed by atoms with Gasteiger partial charge in [-0.3, -0.25) is 0 Å². The predicted octanol–water partition coefficient (Wildman–Crippen LogP) is 3.36. The Kier molecular flexibility index (Phi) is 5.83. The molecule has 1 rings (SSSR count). The minimum absolute atomic E-state index is 0.413. The van der Waals surface area contributed by atoms with E-state index in [0.29, 0.717) is 6.42 Å². The molecule has 0 heterocycles. The Morgan fingerprint density at radius 1 is 1.06 bits per heavy atom. The van der Waals surface area contributed by atoms with Crippen LogP contribution in [-0.2, 0) is 17.6 Å². The molecule has 0 spiro atoms. The van der Waals surface area contributed by atoms with Gasteiger partial charge in [-0.1, -0.05) is 45.0 Å². The molecule has 0 aliphatic carbocycles. The monoisotopic (exact) mass is 250 g/mol. The van der Waals surface area contributed by atoms with Crippen molar-refractivity contribution in [2.24, 2.45) is 0 Å². The van der Waals surface area contributed by atoms with Crippen LogP contribution in [0.3, 0.4) is 0 Å². The molecule has 1 unspecified atom stereocenters. The number of benzene rings is 1. The van der Waals surface area contributed by atoms with Crippen LogP contribution < -0.4 is 0 Å². The first-order chi connectivity index (χ1) is 8.61. The van der Waals surface area contributed by atoms with Gasteiger partial charge in [-0.2, -0.15) is 0 Å². The van der Waals surface area contributed by atoms with Crippen molar-refractivity contribution in [2.45, 2.75) is 58.2 Å². The summed E-state index contributed by atoms with van der Waals surface area (Å²) in [7, 11) is 1.69. The van der Waals surface area contributed by atoms with Crippen LogP contribution in [0, 0.1) is 0 Å². The lowest BCUT2D eigenvalue weighted by Crippen LogP contribution is -2.44. The molecule has 18 heavy (non-hydrogen) atoms. The first kappa shape index (κ1) is 15.2. The maximum absolute atomic E-state index is 10.4. The number of aliphatic hydroxyl groups excluding tert-OH is 1. The van der Waals surface area contributed by atoms with Crippen molar-refractivity contribution in [3.63, 3.8) is 0 Å². The molecule has 1 aromatic rings. The fraction of sp³-hybridized carbons (Fsp3) is 0.625. The molecule has 102 valence electrons. The SMILES string of the molecule is CCc1ccc(CC(O)C(CC)(CC)OC)cc1. The maximum atomic E-state index is 10.4. The van der Waals surface area contributed by atoms with Gasteiger partial charge in [-0.15, -0.1) is 0 Å². The number of ether oxygens (including phenoxy) is 1. The van der Waals surface area contributed by atoms with Gasteiger partial charge in [0.2, 0.25) is 0 Å². The summed E-state index contributed by atoms with van der Waals surface area (Å²) in [5, 5.41) is 10.4. The average molecular weight is 250 g/mol. The molecule has 1 atom stereocenters. The van der Waals surface area contributed by atoms with Gasteiger partial charge in [-0.25, -0.2) is 0 Å². The van der Waals surface area contributed by atoms with Crippen LogP contribution in [-0.4, -0.2) is 23.9 Å². The van der Waals surface area contributed by atoms with Crippen LogP contribution in [0.5, 0.6) is 0 Å². The number of aryl methyl sites for hydroxylation is 1. The molecule has 0 amide bonds. The van der Waals surface area contributed by atoms with E-state index in [0.717, 1.165) is 19.3 Å². The smallest absolute Gasteiger partial charge is 0.0934 e. The molecule has 0 fully saturated rings. The van der Waals surface area contributed by atoms with Crippen LogP contribution in [0.15, 0.2) is 24.3 Å². The van der Waals surface area contributed by atoms with E-state index in [-0.39, 0.29) is 0 Å². The molecule has 0 radical (unpaired) electrons. The lowest BCUT2D eigenvalue weighted by atomic mass is 9.86. The van der Waals surface area contributed by atoms with Crippen molar-refractivity contribution in [2.75, 3.05) is 7.11 Å². The Morgan fingerprint density at radius 2 is 1.56 bits per heavy atom. The van der Waals surface area contributed by atoms with Crippen LogP contribution in [0.4, 0.5) is 0 Å². The molecule has 1 N–H and O–H groups in total. The van der Waals surface area contributed by atoms with Gasteiger partial charge in [0.15, 0.2) is 0 Å². The molecule has 0 saturated heterocycles. The topological polar surface area (TPSA) is 29.5 Å². The molecule has 0 bridgehead atoms. The number of aliphatic hydroxyl groups is 1. The molecular formula is C16H26O2. The number of hydrogen-bond donors (Lipinski definition) is 1. The molecule has 0 saturated carbocycles. The Hall–Kier alpha value is -0.860. The minimum atomic E-state index is -0.454. The number of hydrogen-bond acceptors (Lipinski definition) is 2. The summed E-state index contributed by atoms with van der Waals surface area (Å²) in [6.07, 6.45) is 2.90. The summed E-state index contributed by atoms with van der Waals surface area (Å²) in [5.74, 6) is 0. The Labute approximate surface area is 111 Å². The van der Waals surface area contributed by atoms with E-state index in [2.05, 4.69) is 45.0 Å². The molecule has 0 aliphatic heterocycles. The third-order valence-corrected chi connectivity index (χ3v) is 4.07. The van der Waals surface area contributed by atoms with E-state index < -0.39 is 11.7 Å². The molecule has 0 aromatic heterocycles. The van der Waals surface area contributed by atoms with Crippen LogP contribution >= 0.6 is 0 Å². The van der Waals surface area contributed by atoms with Crippen molar-refractivity contribution in [1.82, 2.24) is 0 Å². The lowest BCUT2D eigenvalue weighted by molar-refractivity contribution is -0.106. The Morgan fingerprint density at radius 3 is 1.94 bits per heavy atom. The van der Waals surface area contributed by atoms with Crippen LogP contribution in [0.25, 0.3) is 0 Å². The van der Waals surface area contributed by atoms with E-state index in [1.54, 1.807) is 7.11 Å². The molecular weight excluding hydrogens is 224 g/mol. The van der Waals surface area contributed by atoms with Crippen molar-refractivity contribution in [3.05, 3.63) is 35.4 Å². The Bertz CT molecular complexity index is 330. The van der Waals surface area contributed by atoms with E-state index in [4.69, 9.17) is 4.74 Å². The fourth-order valence-corrected chi connectivity index (χ4v) is 2.47. The average Bonchev–Trinajstić information content (AvgIpc) is 2.42. The molecule has 2 heteroatoms. The normalized spacial score (nSPS) is 13.6. The summed E-state index contributed by atoms with van der Waals surface area (Å²) in [6.45, 7) is 6.28. The van der Waals surface area contributed by atoms with E-state index >= 15 is 0 Å². The standard InChI is InChI=1S/C16H26O2/c1-5-13-8-10-14(11-9-13)12-15(17)16(6-2,7-3)18-4/h8-11,15,17H,5-7,12H2,1-4H3. The maximum Gasteiger partial charge on any atom is 0.0934 e. The summed E-state index contributed by atoms with van der Waals surface area (Å²) < 4.78 is 5.57. The van der Waals surface area contributed by atoms with Gasteiger partial charge >= 0.3 is 0 Å². The van der Waals surface area contributed by atoms with Gasteiger partial charge in [0.25, 0.3) is 0 Å². The summed E-state index contributed by atoms with van der Waals surface area (Å²) in [6, 6.07) is 8.48. The van der Waals surface area contributed by atoms with Crippen LogP contribution in [0.1, 0.15) is 44.7 Å². The second-order valence-corrected chi connectivity index (χ2v) is 4.87. The molecule has 1 aromatic carbocycles.